The molecule has 1 N–H and O–H groups in total. The van der Waals surface area contributed by atoms with E-state index in [-0.39, 0.29) is 10.2 Å². The molecule has 0 amide bonds. The van der Waals surface area contributed by atoms with Crippen LogP contribution in [0, 0.1) is 0 Å². The average molecular weight is 482 g/mol. The molecule has 1 aliphatic heterocycles. The van der Waals surface area contributed by atoms with E-state index in [0.29, 0.717) is 32.1 Å². The van der Waals surface area contributed by atoms with Gasteiger partial charge in [-0.15, -0.1) is 13.2 Å². The number of nitrogens with one attached hydrogen (secondary N) is 1. The van der Waals surface area contributed by atoms with Crippen LogP contribution >= 0.6 is 15.9 Å². The molecule has 12 heteroatoms. The normalized spacial score (nSPS) is 15.4. The van der Waals surface area contributed by atoms with Crippen LogP contribution in [-0.2, 0) is 14.8 Å². The highest BCUT2D eigenvalue weighted by atomic mass is 79.9. The molecule has 28 heavy (non-hydrogen) atoms. The van der Waals surface area contributed by atoms with Crippen molar-refractivity contribution in [2.45, 2.75) is 11.3 Å². The second-order valence-corrected chi connectivity index (χ2v) is 8.32. The highest BCUT2D eigenvalue weighted by Gasteiger charge is 2.34. The van der Waals surface area contributed by atoms with Crippen LogP contribution < -0.4 is 14.4 Å². The number of hydrogen-bond donors (Lipinski definition) is 1. The Morgan fingerprint density at radius 3 is 2.50 bits per heavy atom. The fraction of sp³-hybridized carbons (Fsp3) is 0.312. The molecule has 0 atom stereocenters. The number of hydrogen-bond acceptors (Lipinski definition) is 6. The molecule has 1 aromatic carbocycles. The lowest BCUT2D eigenvalue weighted by Gasteiger charge is -2.27. The summed E-state index contributed by atoms with van der Waals surface area (Å²) in [5, 5.41) is 0. The van der Waals surface area contributed by atoms with Crippen molar-refractivity contribution < 1.29 is 31.1 Å². The van der Waals surface area contributed by atoms with Crippen LogP contribution in [0.15, 0.2) is 45.9 Å². The first kappa shape index (κ1) is 20.7. The number of halogens is 4. The average Bonchev–Trinajstić information content (AvgIpc) is 2.61. The maximum Gasteiger partial charge on any atom is 0.573 e. The Labute approximate surface area is 167 Å². The standard InChI is InChI=1S/C16H15BrF3N3O4S/c17-11-1-3-14(13(9-11)27-16(18,19)20)28(24,25)22-12-2-4-15(21-10-12)23-5-7-26-8-6-23/h1-4,9-10,22H,5-8H2. The van der Waals surface area contributed by atoms with E-state index in [0.717, 1.165) is 12.1 Å². The maximum atomic E-state index is 12.6. The quantitative estimate of drug-likeness (QED) is 0.704. The van der Waals surface area contributed by atoms with Crippen LogP contribution in [0.3, 0.4) is 0 Å². The van der Waals surface area contributed by atoms with E-state index >= 15 is 0 Å². The van der Waals surface area contributed by atoms with Gasteiger partial charge in [0.1, 0.15) is 10.7 Å². The molecule has 1 saturated heterocycles. The van der Waals surface area contributed by atoms with E-state index in [1.165, 1.54) is 18.3 Å². The third kappa shape index (κ3) is 5.26. The number of morpholine rings is 1. The molecule has 2 aromatic rings. The molecule has 1 aromatic heterocycles. The molecule has 0 saturated carbocycles. The van der Waals surface area contributed by atoms with Crippen LogP contribution in [0.5, 0.6) is 5.75 Å². The summed E-state index contributed by atoms with van der Waals surface area (Å²) in [5.41, 5.74) is 0.109. The van der Waals surface area contributed by atoms with Crippen molar-refractivity contribution in [3.8, 4) is 5.75 Å². The highest BCUT2D eigenvalue weighted by Crippen LogP contribution is 2.33. The van der Waals surface area contributed by atoms with Crippen LogP contribution in [0.25, 0.3) is 0 Å². The summed E-state index contributed by atoms with van der Waals surface area (Å²) < 4.78 is 74.6. The van der Waals surface area contributed by atoms with Gasteiger partial charge in [0.05, 0.1) is 25.1 Å². The number of ether oxygens (including phenoxy) is 2. The number of sulfonamides is 1. The second-order valence-electron chi connectivity index (χ2n) is 5.75. The Hall–Kier alpha value is -2.05. The number of nitrogens with zero attached hydrogens (tertiary/aromatic N) is 2. The number of alkyl halides is 3. The molecule has 0 aliphatic carbocycles. The van der Waals surface area contributed by atoms with Crippen molar-refractivity contribution in [1.29, 1.82) is 0 Å². The predicted octanol–water partition coefficient (Wildman–Crippen LogP) is 3.38. The molecular weight excluding hydrogens is 467 g/mol. The zero-order valence-electron chi connectivity index (χ0n) is 14.2. The molecule has 1 aliphatic rings. The van der Waals surface area contributed by atoms with Gasteiger partial charge in [0, 0.05) is 17.6 Å². The highest BCUT2D eigenvalue weighted by molar-refractivity contribution is 9.10. The molecule has 3 rings (SSSR count). The molecule has 2 heterocycles. The van der Waals surface area contributed by atoms with Gasteiger partial charge in [0.2, 0.25) is 0 Å². The second kappa shape index (κ2) is 8.13. The van der Waals surface area contributed by atoms with Crippen LogP contribution in [0.2, 0.25) is 0 Å². The SMILES string of the molecule is O=S(=O)(Nc1ccc(N2CCOCC2)nc1)c1ccc(Br)cc1OC(F)(F)F. The first-order chi connectivity index (χ1) is 13.1. The minimum Gasteiger partial charge on any atom is -0.404 e. The van der Waals surface area contributed by atoms with Gasteiger partial charge < -0.3 is 14.4 Å². The monoisotopic (exact) mass is 481 g/mol. The minimum atomic E-state index is -5.04. The molecule has 0 bridgehead atoms. The Balaban J connectivity index is 1.82. The lowest BCUT2D eigenvalue weighted by molar-refractivity contribution is -0.275. The topological polar surface area (TPSA) is 80.8 Å². The zero-order valence-corrected chi connectivity index (χ0v) is 16.6. The lowest BCUT2D eigenvalue weighted by Crippen LogP contribution is -2.36. The van der Waals surface area contributed by atoms with Crippen molar-refractivity contribution in [2.24, 2.45) is 0 Å². The molecule has 7 nitrogen and oxygen atoms in total. The number of anilines is 2. The molecule has 1 fully saturated rings. The van der Waals surface area contributed by atoms with Gasteiger partial charge in [-0.3, -0.25) is 4.72 Å². The van der Waals surface area contributed by atoms with Gasteiger partial charge in [-0.2, -0.15) is 0 Å². The van der Waals surface area contributed by atoms with Crippen LogP contribution in [0.4, 0.5) is 24.7 Å². The lowest BCUT2D eigenvalue weighted by atomic mass is 10.3. The first-order valence-corrected chi connectivity index (χ1v) is 10.3. The summed E-state index contributed by atoms with van der Waals surface area (Å²) in [6.07, 6.45) is -3.74. The smallest absolute Gasteiger partial charge is 0.404 e. The van der Waals surface area contributed by atoms with E-state index < -0.39 is 27.0 Å². The van der Waals surface area contributed by atoms with Gasteiger partial charge in [-0.05, 0) is 30.3 Å². The van der Waals surface area contributed by atoms with E-state index in [1.807, 2.05) is 4.90 Å². The van der Waals surface area contributed by atoms with E-state index in [9.17, 15) is 21.6 Å². The van der Waals surface area contributed by atoms with Gasteiger partial charge in [-0.1, -0.05) is 15.9 Å². The summed E-state index contributed by atoms with van der Waals surface area (Å²) in [6.45, 7) is 2.47. The fourth-order valence-corrected chi connectivity index (χ4v) is 4.04. The molecule has 0 unspecified atom stereocenters. The van der Waals surface area contributed by atoms with E-state index in [2.05, 4.69) is 30.4 Å². The van der Waals surface area contributed by atoms with Crippen molar-refractivity contribution in [1.82, 2.24) is 4.98 Å². The zero-order chi connectivity index (χ0) is 20.4. The van der Waals surface area contributed by atoms with Crippen molar-refractivity contribution in [2.75, 3.05) is 35.9 Å². The number of pyridine rings is 1. The summed E-state index contributed by atoms with van der Waals surface area (Å²) in [7, 11) is -4.34. The minimum absolute atomic E-state index is 0.109. The Kier molecular flexibility index (Phi) is 6.01. The van der Waals surface area contributed by atoms with Crippen molar-refractivity contribution in [3.05, 3.63) is 41.0 Å². The maximum absolute atomic E-state index is 12.6. The van der Waals surface area contributed by atoms with Gasteiger partial charge >= 0.3 is 6.36 Å². The molecular formula is C16H15BrF3N3O4S. The largest absolute Gasteiger partial charge is 0.573 e. The van der Waals surface area contributed by atoms with Gasteiger partial charge in [0.25, 0.3) is 10.0 Å². The van der Waals surface area contributed by atoms with Gasteiger partial charge in [0.15, 0.2) is 5.75 Å². The van der Waals surface area contributed by atoms with Crippen molar-refractivity contribution in [3.63, 3.8) is 0 Å². The van der Waals surface area contributed by atoms with Crippen LogP contribution in [-0.4, -0.2) is 46.1 Å². The summed E-state index contributed by atoms with van der Waals surface area (Å²) in [5.74, 6) is -0.191. The predicted molar refractivity (Wildman–Crippen MR) is 98.9 cm³/mol. The number of aromatic nitrogens is 1. The van der Waals surface area contributed by atoms with Crippen molar-refractivity contribution >= 4 is 37.5 Å². The third-order valence-corrected chi connectivity index (χ3v) is 5.67. The Morgan fingerprint density at radius 2 is 1.89 bits per heavy atom. The fourth-order valence-electron chi connectivity index (χ4n) is 2.54. The summed E-state index contributed by atoms with van der Waals surface area (Å²) >= 11 is 3.00. The summed E-state index contributed by atoms with van der Waals surface area (Å²) in [4.78, 5) is 5.53. The van der Waals surface area contributed by atoms with E-state index in [1.54, 1.807) is 6.07 Å². The summed E-state index contributed by atoms with van der Waals surface area (Å²) in [6, 6.07) is 6.36. The van der Waals surface area contributed by atoms with E-state index in [4.69, 9.17) is 4.74 Å². The van der Waals surface area contributed by atoms with Gasteiger partial charge in [-0.25, -0.2) is 13.4 Å². The number of benzene rings is 1. The first-order valence-electron chi connectivity index (χ1n) is 8.01. The third-order valence-electron chi connectivity index (χ3n) is 3.76. The Bertz CT molecular complexity index is 933. The van der Waals surface area contributed by atoms with Crippen LogP contribution in [0.1, 0.15) is 0 Å². The molecule has 152 valence electrons. The molecule has 0 radical (unpaired) electrons. The number of rotatable bonds is 5. The Morgan fingerprint density at radius 1 is 1.18 bits per heavy atom. The molecule has 0 spiro atoms.